The molecule has 0 saturated carbocycles. The summed E-state index contributed by atoms with van der Waals surface area (Å²) in [6.45, 7) is 2.42. The third-order valence-corrected chi connectivity index (χ3v) is 4.33. The van der Waals surface area contributed by atoms with Crippen molar-refractivity contribution in [3.8, 4) is 5.75 Å². The lowest BCUT2D eigenvalue weighted by Gasteiger charge is -2.24. The van der Waals surface area contributed by atoms with E-state index < -0.39 is 11.6 Å². The summed E-state index contributed by atoms with van der Waals surface area (Å²) in [6, 6.07) is 8.14. The molecule has 5 nitrogen and oxygen atoms in total. The van der Waals surface area contributed by atoms with Crippen molar-refractivity contribution in [1.82, 2.24) is 0 Å². The van der Waals surface area contributed by atoms with Gasteiger partial charge in [0.05, 0.1) is 6.61 Å². The summed E-state index contributed by atoms with van der Waals surface area (Å²) in [5, 5.41) is 0.795. The average Bonchev–Trinajstić information content (AvgIpc) is 2.59. The van der Waals surface area contributed by atoms with Gasteiger partial charge in [-0.25, -0.2) is 9.59 Å². The molecule has 1 aromatic heterocycles. The van der Waals surface area contributed by atoms with E-state index in [-0.39, 0.29) is 6.61 Å². The topological polar surface area (TPSA) is 65.7 Å². The van der Waals surface area contributed by atoms with Crippen LogP contribution in [0.2, 0.25) is 0 Å². The van der Waals surface area contributed by atoms with E-state index in [0.29, 0.717) is 29.8 Å². The third kappa shape index (κ3) is 4.04. The van der Waals surface area contributed by atoms with Crippen molar-refractivity contribution in [2.75, 3.05) is 13.2 Å². The molecular formula is C19H20O5. The number of hydrogen-bond donors (Lipinski definition) is 0. The highest BCUT2D eigenvalue weighted by Gasteiger charge is 2.20. The molecule has 0 spiro atoms. The van der Waals surface area contributed by atoms with Crippen molar-refractivity contribution in [1.29, 1.82) is 0 Å². The number of hydrogen-bond acceptors (Lipinski definition) is 5. The number of allylic oxidation sites excluding steroid dienone is 2. The molecule has 2 atom stereocenters. The molecule has 3 rings (SSSR count). The number of esters is 1. The fraction of sp³-hybridized carbons (Fsp3) is 0.368. The van der Waals surface area contributed by atoms with Crippen LogP contribution in [0.1, 0.15) is 19.8 Å². The van der Waals surface area contributed by atoms with E-state index in [0.717, 1.165) is 18.2 Å². The maximum Gasteiger partial charge on any atom is 0.344 e. The Kier molecular flexibility index (Phi) is 4.99. The fourth-order valence-corrected chi connectivity index (χ4v) is 2.75. The van der Waals surface area contributed by atoms with Crippen molar-refractivity contribution in [2.45, 2.75) is 19.8 Å². The molecule has 2 aromatic rings. The van der Waals surface area contributed by atoms with E-state index in [1.807, 2.05) is 0 Å². The van der Waals surface area contributed by atoms with Crippen LogP contribution in [0.3, 0.4) is 0 Å². The Hall–Kier alpha value is -2.56. The van der Waals surface area contributed by atoms with Crippen LogP contribution >= 0.6 is 0 Å². The van der Waals surface area contributed by atoms with E-state index in [9.17, 15) is 9.59 Å². The third-order valence-electron chi connectivity index (χ3n) is 4.33. The predicted molar refractivity (Wildman–Crippen MR) is 90.0 cm³/mol. The van der Waals surface area contributed by atoms with Crippen LogP contribution < -0.4 is 10.4 Å². The maximum atomic E-state index is 11.8. The van der Waals surface area contributed by atoms with Gasteiger partial charge in [-0.1, -0.05) is 19.1 Å². The number of ether oxygens (including phenoxy) is 2. The Morgan fingerprint density at radius 3 is 2.83 bits per heavy atom. The lowest BCUT2D eigenvalue weighted by atomic mass is 9.85. The molecule has 5 heteroatoms. The van der Waals surface area contributed by atoms with Crippen LogP contribution in [-0.4, -0.2) is 19.2 Å². The number of carbonyl (C=O) groups is 1. The first kappa shape index (κ1) is 16.3. The molecule has 0 fully saturated rings. The molecule has 0 N–H and O–H groups in total. The van der Waals surface area contributed by atoms with Gasteiger partial charge in [0.25, 0.3) is 0 Å². The molecule has 126 valence electrons. The summed E-state index contributed by atoms with van der Waals surface area (Å²) >= 11 is 0. The molecule has 24 heavy (non-hydrogen) atoms. The van der Waals surface area contributed by atoms with Gasteiger partial charge in [-0.05, 0) is 42.9 Å². The minimum Gasteiger partial charge on any atom is -0.482 e. The van der Waals surface area contributed by atoms with E-state index in [2.05, 4.69) is 19.1 Å². The van der Waals surface area contributed by atoms with Crippen LogP contribution in [0.5, 0.6) is 5.75 Å². The van der Waals surface area contributed by atoms with Gasteiger partial charge in [-0.3, -0.25) is 0 Å². The van der Waals surface area contributed by atoms with Gasteiger partial charge in [0.1, 0.15) is 11.3 Å². The number of fused-ring (bicyclic) bond motifs is 1. The first-order valence-corrected chi connectivity index (χ1v) is 8.09. The van der Waals surface area contributed by atoms with Gasteiger partial charge in [-0.15, -0.1) is 0 Å². The minimum absolute atomic E-state index is 0.167. The monoisotopic (exact) mass is 328 g/mol. The minimum atomic E-state index is -0.422. The second kappa shape index (κ2) is 7.34. The maximum absolute atomic E-state index is 11.8. The summed E-state index contributed by atoms with van der Waals surface area (Å²) in [4.78, 5) is 23.1. The Balaban J connectivity index is 1.52. The van der Waals surface area contributed by atoms with Crippen molar-refractivity contribution >= 4 is 16.9 Å². The summed E-state index contributed by atoms with van der Waals surface area (Å²) in [6.07, 6.45) is 6.28. The van der Waals surface area contributed by atoms with Gasteiger partial charge < -0.3 is 13.9 Å². The SMILES string of the molecule is CC1CC=CCC1COC(=O)COc1ccc2ccc(=O)oc2c1. The van der Waals surface area contributed by atoms with E-state index >= 15 is 0 Å². The second-order valence-electron chi connectivity index (χ2n) is 6.11. The molecule has 2 unspecified atom stereocenters. The molecule has 1 heterocycles. The zero-order chi connectivity index (χ0) is 16.9. The fourth-order valence-electron chi connectivity index (χ4n) is 2.75. The molecule has 1 aliphatic rings. The summed E-state index contributed by atoms with van der Waals surface area (Å²) in [5.41, 5.74) is 0.00546. The normalized spacial score (nSPS) is 20.0. The highest BCUT2D eigenvalue weighted by molar-refractivity contribution is 5.78. The lowest BCUT2D eigenvalue weighted by molar-refractivity contribution is -0.147. The zero-order valence-electron chi connectivity index (χ0n) is 13.6. The molecule has 1 aromatic carbocycles. The standard InChI is InChI=1S/C19H20O5/c1-13-4-2-3-5-15(13)11-23-19(21)12-22-16-8-6-14-7-9-18(20)24-17(14)10-16/h2-3,6-10,13,15H,4-5,11-12H2,1H3. The summed E-state index contributed by atoms with van der Waals surface area (Å²) < 4.78 is 15.8. The van der Waals surface area contributed by atoms with Crippen molar-refractivity contribution in [2.24, 2.45) is 11.8 Å². The number of carbonyl (C=O) groups excluding carboxylic acids is 1. The summed E-state index contributed by atoms with van der Waals surface area (Å²) in [7, 11) is 0. The van der Waals surface area contributed by atoms with Gasteiger partial charge in [0.2, 0.25) is 0 Å². The van der Waals surface area contributed by atoms with Crippen molar-refractivity contribution < 1.29 is 18.7 Å². The number of benzene rings is 1. The lowest BCUT2D eigenvalue weighted by Crippen LogP contribution is -2.24. The van der Waals surface area contributed by atoms with Crippen molar-refractivity contribution in [3.05, 3.63) is 52.9 Å². The second-order valence-corrected chi connectivity index (χ2v) is 6.11. The molecular weight excluding hydrogens is 308 g/mol. The van der Waals surface area contributed by atoms with Crippen molar-refractivity contribution in [3.63, 3.8) is 0 Å². The van der Waals surface area contributed by atoms with E-state index in [1.165, 1.54) is 6.07 Å². The van der Waals surface area contributed by atoms with Crippen LogP contribution in [0.4, 0.5) is 0 Å². The predicted octanol–water partition coefficient (Wildman–Crippen LogP) is 3.32. The van der Waals surface area contributed by atoms with Crippen LogP contribution in [0.25, 0.3) is 11.0 Å². The van der Waals surface area contributed by atoms with E-state index in [4.69, 9.17) is 13.9 Å². The molecule has 0 radical (unpaired) electrons. The highest BCUT2D eigenvalue weighted by Crippen LogP contribution is 2.25. The van der Waals surface area contributed by atoms with Gasteiger partial charge in [-0.2, -0.15) is 0 Å². The van der Waals surface area contributed by atoms with Gasteiger partial charge >= 0.3 is 11.6 Å². The Bertz CT molecular complexity index is 805. The quantitative estimate of drug-likeness (QED) is 0.478. The molecule has 1 aliphatic carbocycles. The highest BCUT2D eigenvalue weighted by atomic mass is 16.6. The molecule has 0 saturated heterocycles. The average molecular weight is 328 g/mol. The zero-order valence-corrected chi connectivity index (χ0v) is 13.6. The Morgan fingerprint density at radius 1 is 1.21 bits per heavy atom. The largest absolute Gasteiger partial charge is 0.482 e. The van der Waals surface area contributed by atoms with Crippen LogP contribution in [0.15, 0.2) is 51.7 Å². The number of rotatable bonds is 5. The van der Waals surface area contributed by atoms with Gasteiger partial charge in [0, 0.05) is 17.5 Å². The summed E-state index contributed by atoms with van der Waals surface area (Å²) in [5.74, 6) is 0.954. The first-order chi connectivity index (χ1) is 11.6. The van der Waals surface area contributed by atoms with Gasteiger partial charge in [0.15, 0.2) is 6.61 Å². The molecule has 0 aliphatic heterocycles. The molecule has 0 bridgehead atoms. The van der Waals surface area contributed by atoms with Crippen LogP contribution in [-0.2, 0) is 9.53 Å². The smallest absolute Gasteiger partial charge is 0.344 e. The Labute approximate surface area is 139 Å². The van der Waals surface area contributed by atoms with Crippen LogP contribution in [0, 0.1) is 11.8 Å². The molecule has 0 amide bonds. The van der Waals surface area contributed by atoms with E-state index in [1.54, 1.807) is 24.3 Å². The first-order valence-electron chi connectivity index (χ1n) is 8.09. The Morgan fingerprint density at radius 2 is 2.00 bits per heavy atom.